The van der Waals surface area contributed by atoms with E-state index in [-0.39, 0.29) is 11.8 Å². The summed E-state index contributed by atoms with van der Waals surface area (Å²) >= 11 is 1.29. The van der Waals surface area contributed by atoms with Gasteiger partial charge in [-0.1, -0.05) is 13.0 Å². The Morgan fingerprint density at radius 3 is 2.76 bits per heavy atom. The second-order valence-corrected chi connectivity index (χ2v) is 9.62. The van der Waals surface area contributed by atoms with E-state index in [1.54, 1.807) is 18.2 Å². The van der Waals surface area contributed by atoms with Crippen molar-refractivity contribution >= 4 is 38.6 Å². The van der Waals surface area contributed by atoms with Gasteiger partial charge in [-0.05, 0) is 55.5 Å². The summed E-state index contributed by atoms with van der Waals surface area (Å²) in [6.45, 7) is 2.69. The van der Waals surface area contributed by atoms with Crippen LogP contribution in [0.2, 0.25) is 0 Å². The number of hydrogen-bond donors (Lipinski definition) is 1. The average Bonchev–Trinajstić information content (AvgIpc) is 3.17. The zero-order chi connectivity index (χ0) is 17.6. The Hall–Kier alpha value is -1.86. The minimum atomic E-state index is -3.60. The monoisotopic (exact) mass is 376 g/mol. The first-order chi connectivity index (χ1) is 12.0. The van der Waals surface area contributed by atoms with Crippen molar-refractivity contribution in [3.8, 4) is 0 Å². The Balaban J connectivity index is 1.59. The number of nitrogens with one attached hydrogen (secondary N) is 1. The molecule has 0 atom stereocenters. The molecule has 2 aromatic rings. The van der Waals surface area contributed by atoms with Crippen LogP contribution in [-0.2, 0) is 27.7 Å². The minimum Gasteiger partial charge on any atom is -0.312 e. The van der Waals surface area contributed by atoms with Gasteiger partial charge < -0.3 is 4.90 Å². The van der Waals surface area contributed by atoms with Crippen molar-refractivity contribution in [2.24, 2.45) is 5.92 Å². The van der Waals surface area contributed by atoms with E-state index >= 15 is 0 Å². The SMILES string of the molecule is CCc1ccc(S(=O)(=O)Nc2ccc3c(c2)N(C(=O)C2CC2)CC3)s1. The van der Waals surface area contributed by atoms with Gasteiger partial charge in [0.2, 0.25) is 5.91 Å². The number of aryl methyl sites for hydroxylation is 1. The van der Waals surface area contributed by atoms with Gasteiger partial charge in [-0.2, -0.15) is 0 Å². The molecule has 25 heavy (non-hydrogen) atoms. The van der Waals surface area contributed by atoms with Gasteiger partial charge in [-0.15, -0.1) is 11.3 Å². The van der Waals surface area contributed by atoms with E-state index < -0.39 is 10.0 Å². The number of rotatable bonds is 5. The predicted octanol–water partition coefficient (Wildman–Crippen LogP) is 3.41. The van der Waals surface area contributed by atoms with E-state index in [0.29, 0.717) is 16.4 Å². The lowest BCUT2D eigenvalue weighted by Gasteiger charge is -2.18. The lowest BCUT2D eigenvalue weighted by atomic mass is 10.1. The number of nitrogens with zero attached hydrogens (tertiary/aromatic N) is 1. The van der Waals surface area contributed by atoms with Crippen molar-refractivity contribution < 1.29 is 13.2 Å². The molecule has 1 aromatic carbocycles. The molecule has 1 N–H and O–H groups in total. The molecule has 1 aromatic heterocycles. The molecule has 1 aliphatic heterocycles. The van der Waals surface area contributed by atoms with E-state index in [1.165, 1.54) is 11.3 Å². The molecule has 1 amide bonds. The predicted molar refractivity (Wildman–Crippen MR) is 99.7 cm³/mol. The van der Waals surface area contributed by atoms with Gasteiger partial charge in [-0.25, -0.2) is 8.42 Å². The fourth-order valence-corrected chi connectivity index (χ4v) is 5.47. The third kappa shape index (κ3) is 3.18. The van der Waals surface area contributed by atoms with E-state index in [4.69, 9.17) is 0 Å². The molecular weight excluding hydrogens is 356 g/mol. The van der Waals surface area contributed by atoms with Crippen LogP contribution in [-0.4, -0.2) is 20.9 Å². The quantitative estimate of drug-likeness (QED) is 0.870. The lowest BCUT2D eigenvalue weighted by molar-refractivity contribution is -0.119. The van der Waals surface area contributed by atoms with E-state index in [0.717, 1.165) is 41.8 Å². The van der Waals surface area contributed by atoms with E-state index in [9.17, 15) is 13.2 Å². The molecule has 0 radical (unpaired) electrons. The first-order valence-electron chi connectivity index (χ1n) is 8.54. The molecule has 4 rings (SSSR count). The van der Waals surface area contributed by atoms with Gasteiger partial charge in [0.15, 0.2) is 0 Å². The van der Waals surface area contributed by atoms with Gasteiger partial charge in [0.1, 0.15) is 4.21 Å². The van der Waals surface area contributed by atoms with Crippen LogP contribution >= 0.6 is 11.3 Å². The highest BCUT2D eigenvalue weighted by Crippen LogP contribution is 2.38. The van der Waals surface area contributed by atoms with Crippen LogP contribution < -0.4 is 9.62 Å². The second kappa shape index (κ2) is 6.14. The zero-order valence-corrected chi connectivity index (χ0v) is 15.6. The highest BCUT2D eigenvalue weighted by Gasteiger charge is 2.36. The number of fused-ring (bicyclic) bond motifs is 1. The molecular formula is C18H20N2O3S2. The maximum Gasteiger partial charge on any atom is 0.271 e. The number of thiophene rings is 1. The Morgan fingerprint density at radius 1 is 1.28 bits per heavy atom. The summed E-state index contributed by atoms with van der Waals surface area (Å²) in [6, 6.07) is 8.96. The van der Waals surface area contributed by atoms with Gasteiger partial charge in [0.25, 0.3) is 10.0 Å². The first kappa shape index (κ1) is 16.6. The Labute approximate surface area is 151 Å². The lowest BCUT2D eigenvalue weighted by Crippen LogP contribution is -2.30. The van der Waals surface area contributed by atoms with Crippen LogP contribution in [0.1, 0.15) is 30.2 Å². The van der Waals surface area contributed by atoms with E-state index in [2.05, 4.69) is 4.72 Å². The Bertz CT molecular complexity index is 930. The largest absolute Gasteiger partial charge is 0.312 e. The summed E-state index contributed by atoms with van der Waals surface area (Å²) < 4.78 is 28.1. The summed E-state index contributed by atoms with van der Waals surface area (Å²) in [5.41, 5.74) is 2.44. The van der Waals surface area contributed by atoms with E-state index in [1.807, 2.05) is 24.0 Å². The van der Waals surface area contributed by atoms with Crippen molar-refractivity contribution in [2.45, 2.75) is 36.8 Å². The highest BCUT2D eigenvalue weighted by molar-refractivity contribution is 7.94. The summed E-state index contributed by atoms with van der Waals surface area (Å²) in [5, 5.41) is 0. The van der Waals surface area contributed by atoms with Crippen molar-refractivity contribution in [1.82, 2.24) is 0 Å². The fraction of sp³-hybridized carbons (Fsp3) is 0.389. The maximum atomic E-state index is 12.6. The number of amides is 1. The molecule has 0 unspecified atom stereocenters. The van der Waals surface area contributed by atoms with Gasteiger partial charge >= 0.3 is 0 Å². The molecule has 1 fully saturated rings. The van der Waals surface area contributed by atoms with Crippen molar-refractivity contribution in [2.75, 3.05) is 16.2 Å². The normalized spacial score (nSPS) is 16.8. The molecule has 132 valence electrons. The Morgan fingerprint density at radius 2 is 2.08 bits per heavy atom. The third-order valence-corrected chi connectivity index (χ3v) is 7.78. The van der Waals surface area contributed by atoms with Gasteiger partial charge in [0.05, 0.1) is 5.69 Å². The molecule has 7 heteroatoms. The summed E-state index contributed by atoms with van der Waals surface area (Å²) in [6.07, 6.45) is 3.58. The molecule has 1 aliphatic carbocycles. The number of sulfonamides is 1. The minimum absolute atomic E-state index is 0.157. The van der Waals surface area contributed by atoms with Crippen LogP contribution in [0, 0.1) is 5.92 Å². The Kier molecular flexibility index (Phi) is 4.08. The van der Waals surface area contributed by atoms with Gasteiger partial charge in [0, 0.05) is 23.0 Å². The number of hydrogen-bond acceptors (Lipinski definition) is 4. The van der Waals surface area contributed by atoms with Crippen LogP contribution in [0.15, 0.2) is 34.5 Å². The molecule has 0 bridgehead atoms. The molecule has 5 nitrogen and oxygen atoms in total. The third-order valence-electron chi connectivity index (χ3n) is 4.68. The molecule has 1 saturated carbocycles. The summed E-state index contributed by atoms with van der Waals surface area (Å²) in [4.78, 5) is 15.3. The summed E-state index contributed by atoms with van der Waals surface area (Å²) in [7, 11) is -3.60. The number of carbonyl (C=O) groups is 1. The van der Waals surface area contributed by atoms with Crippen LogP contribution in [0.5, 0.6) is 0 Å². The average molecular weight is 377 g/mol. The maximum absolute atomic E-state index is 12.6. The van der Waals surface area contributed by atoms with Crippen LogP contribution in [0.25, 0.3) is 0 Å². The van der Waals surface area contributed by atoms with Gasteiger partial charge in [-0.3, -0.25) is 9.52 Å². The molecule has 0 saturated heterocycles. The highest BCUT2D eigenvalue weighted by atomic mass is 32.2. The summed E-state index contributed by atoms with van der Waals surface area (Å²) in [5.74, 6) is 0.328. The van der Waals surface area contributed by atoms with Crippen molar-refractivity contribution in [3.63, 3.8) is 0 Å². The van der Waals surface area contributed by atoms with Crippen LogP contribution in [0.3, 0.4) is 0 Å². The topological polar surface area (TPSA) is 66.5 Å². The fourth-order valence-electron chi connectivity index (χ4n) is 3.12. The second-order valence-electron chi connectivity index (χ2n) is 6.54. The smallest absolute Gasteiger partial charge is 0.271 e. The van der Waals surface area contributed by atoms with Crippen molar-refractivity contribution in [1.29, 1.82) is 0 Å². The van der Waals surface area contributed by atoms with Crippen molar-refractivity contribution in [3.05, 3.63) is 40.8 Å². The molecule has 2 aliphatic rings. The van der Waals surface area contributed by atoms with Crippen LogP contribution in [0.4, 0.5) is 11.4 Å². The number of carbonyl (C=O) groups excluding carboxylic acids is 1. The first-order valence-corrected chi connectivity index (χ1v) is 10.8. The zero-order valence-electron chi connectivity index (χ0n) is 14.0. The standard InChI is InChI=1S/C18H20N2O3S2/c1-2-15-7-8-17(24-15)25(22,23)19-14-6-5-12-9-10-20(16(12)11-14)18(21)13-3-4-13/h5-8,11,13,19H,2-4,9-10H2,1H3. The number of benzene rings is 1. The molecule has 0 spiro atoms. The molecule has 2 heterocycles. The number of anilines is 2.